The number of phenols is 2. The molecule has 2 N–H and O–H groups in total. The van der Waals surface area contributed by atoms with E-state index in [4.69, 9.17) is 0 Å². The zero-order valence-corrected chi connectivity index (χ0v) is 16.2. The molecule has 0 bridgehead atoms. The molecule has 0 fully saturated rings. The maximum atomic E-state index is 9.33. The summed E-state index contributed by atoms with van der Waals surface area (Å²) < 4.78 is 0. The second-order valence-electron chi connectivity index (χ2n) is 6.79. The molecule has 4 nitrogen and oxygen atoms in total. The van der Waals surface area contributed by atoms with Crippen LogP contribution in [0.5, 0.6) is 11.5 Å². The number of benzene rings is 4. The molecule has 0 amide bonds. The minimum Gasteiger partial charge on any atom is -0.508 e. The van der Waals surface area contributed by atoms with Crippen LogP contribution in [0.3, 0.4) is 0 Å². The summed E-state index contributed by atoms with van der Waals surface area (Å²) in [5, 5.41) is 18.7. The number of aliphatic imine (C=N–C) groups is 2. The molecular formula is C26H20N2O2. The van der Waals surface area contributed by atoms with Crippen LogP contribution in [0.2, 0.25) is 0 Å². The van der Waals surface area contributed by atoms with E-state index in [1.807, 2.05) is 72.8 Å². The Morgan fingerprint density at radius 3 is 1.10 bits per heavy atom. The standard InChI is InChI=1S/C26H20N2O2/c29-25-13-1-19(2-14-25)17-27-23-9-5-21(6-10-23)22-7-11-24(12-8-22)28-18-20-3-15-26(30)16-4-20/h1-18,29-30H. The monoisotopic (exact) mass is 392 g/mol. The molecule has 0 radical (unpaired) electrons. The second-order valence-corrected chi connectivity index (χ2v) is 6.79. The first kappa shape index (κ1) is 19.2. The van der Waals surface area contributed by atoms with Gasteiger partial charge in [-0.3, -0.25) is 9.98 Å². The average Bonchev–Trinajstić information content (AvgIpc) is 2.79. The molecule has 0 aromatic heterocycles. The van der Waals surface area contributed by atoms with Crippen LogP contribution in [0, 0.1) is 0 Å². The summed E-state index contributed by atoms with van der Waals surface area (Å²) >= 11 is 0. The lowest BCUT2D eigenvalue weighted by Gasteiger charge is -2.03. The summed E-state index contributed by atoms with van der Waals surface area (Å²) in [5.74, 6) is 0.488. The fourth-order valence-electron chi connectivity index (χ4n) is 2.90. The van der Waals surface area contributed by atoms with Gasteiger partial charge in [0.25, 0.3) is 0 Å². The molecule has 0 aliphatic rings. The van der Waals surface area contributed by atoms with Crippen molar-refractivity contribution in [3.8, 4) is 22.6 Å². The Morgan fingerprint density at radius 1 is 0.433 bits per heavy atom. The molecule has 4 heteroatoms. The maximum Gasteiger partial charge on any atom is 0.115 e. The van der Waals surface area contributed by atoms with E-state index in [0.29, 0.717) is 0 Å². The van der Waals surface area contributed by atoms with Gasteiger partial charge in [0.1, 0.15) is 11.5 Å². The van der Waals surface area contributed by atoms with E-state index in [1.54, 1.807) is 36.7 Å². The Bertz CT molecular complexity index is 1060. The Morgan fingerprint density at radius 2 is 0.767 bits per heavy atom. The van der Waals surface area contributed by atoms with E-state index < -0.39 is 0 Å². The first-order chi connectivity index (χ1) is 14.7. The van der Waals surface area contributed by atoms with E-state index in [-0.39, 0.29) is 11.5 Å². The van der Waals surface area contributed by atoms with Gasteiger partial charge in [0.2, 0.25) is 0 Å². The molecule has 0 atom stereocenters. The number of hydrogen-bond donors (Lipinski definition) is 2. The third kappa shape index (κ3) is 5.00. The SMILES string of the molecule is Oc1ccc(C=Nc2ccc(-c3ccc(N=Cc4ccc(O)cc4)cc3)cc2)cc1. The Hall–Kier alpha value is -4.18. The maximum absolute atomic E-state index is 9.33. The van der Waals surface area contributed by atoms with Gasteiger partial charge in [0.15, 0.2) is 0 Å². The van der Waals surface area contributed by atoms with Crippen LogP contribution < -0.4 is 0 Å². The summed E-state index contributed by atoms with van der Waals surface area (Å²) in [6.45, 7) is 0. The van der Waals surface area contributed by atoms with Crippen molar-refractivity contribution in [2.24, 2.45) is 9.98 Å². The van der Waals surface area contributed by atoms with Crippen LogP contribution >= 0.6 is 0 Å². The van der Waals surface area contributed by atoms with Crippen molar-refractivity contribution in [1.82, 2.24) is 0 Å². The lowest BCUT2D eigenvalue weighted by Crippen LogP contribution is -1.80. The van der Waals surface area contributed by atoms with Crippen molar-refractivity contribution in [3.05, 3.63) is 108 Å². The van der Waals surface area contributed by atoms with Crippen LogP contribution in [0.25, 0.3) is 11.1 Å². The predicted molar refractivity (Wildman–Crippen MR) is 123 cm³/mol. The molecule has 0 aliphatic carbocycles. The highest BCUT2D eigenvalue weighted by Crippen LogP contribution is 2.25. The lowest BCUT2D eigenvalue weighted by molar-refractivity contribution is 0.475. The topological polar surface area (TPSA) is 65.2 Å². The van der Waals surface area contributed by atoms with Crippen molar-refractivity contribution in [2.45, 2.75) is 0 Å². The van der Waals surface area contributed by atoms with E-state index >= 15 is 0 Å². The van der Waals surface area contributed by atoms with Crippen LogP contribution in [0.4, 0.5) is 11.4 Å². The molecule has 4 rings (SSSR count). The quantitative estimate of drug-likeness (QED) is 0.393. The van der Waals surface area contributed by atoms with Gasteiger partial charge in [0.05, 0.1) is 11.4 Å². The van der Waals surface area contributed by atoms with Crippen molar-refractivity contribution in [2.75, 3.05) is 0 Å². The van der Waals surface area contributed by atoms with E-state index in [2.05, 4.69) is 9.98 Å². The molecular weight excluding hydrogens is 372 g/mol. The Kier molecular flexibility index (Phi) is 5.67. The highest BCUT2D eigenvalue weighted by atomic mass is 16.3. The molecule has 4 aromatic rings. The molecule has 0 spiro atoms. The summed E-state index contributed by atoms with van der Waals surface area (Å²) in [6.07, 6.45) is 3.55. The molecule has 0 heterocycles. The third-order valence-electron chi connectivity index (χ3n) is 4.58. The molecule has 0 saturated carbocycles. The van der Waals surface area contributed by atoms with Crippen molar-refractivity contribution < 1.29 is 10.2 Å². The predicted octanol–water partition coefficient (Wildman–Crippen LogP) is 6.27. The van der Waals surface area contributed by atoms with Crippen LogP contribution in [-0.4, -0.2) is 22.6 Å². The summed E-state index contributed by atoms with van der Waals surface area (Å²) in [4.78, 5) is 8.94. The van der Waals surface area contributed by atoms with Gasteiger partial charge in [-0.15, -0.1) is 0 Å². The minimum atomic E-state index is 0.244. The van der Waals surface area contributed by atoms with Gasteiger partial charge in [-0.05, 0) is 95.1 Å². The van der Waals surface area contributed by atoms with Crippen molar-refractivity contribution in [3.63, 3.8) is 0 Å². The highest BCUT2D eigenvalue weighted by molar-refractivity contribution is 5.83. The average molecular weight is 392 g/mol. The fraction of sp³-hybridized carbons (Fsp3) is 0. The minimum absolute atomic E-state index is 0.244. The van der Waals surface area contributed by atoms with Gasteiger partial charge in [-0.2, -0.15) is 0 Å². The van der Waals surface area contributed by atoms with Crippen LogP contribution in [0.15, 0.2) is 107 Å². The Labute approximate surface area is 175 Å². The second kappa shape index (κ2) is 8.88. The van der Waals surface area contributed by atoms with E-state index in [1.165, 1.54) is 0 Å². The molecule has 146 valence electrons. The van der Waals surface area contributed by atoms with Crippen LogP contribution in [0.1, 0.15) is 11.1 Å². The van der Waals surface area contributed by atoms with Gasteiger partial charge >= 0.3 is 0 Å². The third-order valence-corrected chi connectivity index (χ3v) is 4.58. The van der Waals surface area contributed by atoms with Gasteiger partial charge in [-0.25, -0.2) is 0 Å². The molecule has 0 aliphatic heterocycles. The van der Waals surface area contributed by atoms with E-state index in [9.17, 15) is 10.2 Å². The van der Waals surface area contributed by atoms with Gasteiger partial charge < -0.3 is 10.2 Å². The summed E-state index contributed by atoms with van der Waals surface area (Å²) in [6, 6.07) is 29.9. The number of hydrogen-bond acceptors (Lipinski definition) is 4. The highest BCUT2D eigenvalue weighted by Gasteiger charge is 1.99. The molecule has 0 unspecified atom stereocenters. The molecule has 0 saturated heterocycles. The molecule has 30 heavy (non-hydrogen) atoms. The number of phenolic OH excluding ortho intramolecular Hbond substituents is 2. The number of rotatable bonds is 5. The van der Waals surface area contributed by atoms with Crippen LogP contribution in [-0.2, 0) is 0 Å². The zero-order valence-electron chi connectivity index (χ0n) is 16.2. The zero-order chi connectivity index (χ0) is 20.8. The Balaban J connectivity index is 1.42. The number of nitrogens with zero attached hydrogens (tertiary/aromatic N) is 2. The lowest BCUT2D eigenvalue weighted by atomic mass is 10.1. The fourth-order valence-corrected chi connectivity index (χ4v) is 2.90. The summed E-state index contributed by atoms with van der Waals surface area (Å²) in [5.41, 5.74) is 5.80. The summed E-state index contributed by atoms with van der Waals surface area (Å²) in [7, 11) is 0. The van der Waals surface area contributed by atoms with Gasteiger partial charge in [0, 0.05) is 12.4 Å². The molecule has 4 aromatic carbocycles. The van der Waals surface area contributed by atoms with Crippen molar-refractivity contribution in [1.29, 1.82) is 0 Å². The smallest absolute Gasteiger partial charge is 0.115 e. The largest absolute Gasteiger partial charge is 0.508 e. The first-order valence-corrected chi connectivity index (χ1v) is 9.52. The van der Waals surface area contributed by atoms with E-state index in [0.717, 1.165) is 33.6 Å². The first-order valence-electron chi connectivity index (χ1n) is 9.52. The number of aromatic hydroxyl groups is 2. The normalized spacial score (nSPS) is 11.3. The van der Waals surface area contributed by atoms with Crippen molar-refractivity contribution >= 4 is 23.8 Å². The van der Waals surface area contributed by atoms with Gasteiger partial charge in [-0.1, -0.05) is 24.3 Å².